The van der Waals surface area contributed by atoms with Crippen molar-refractivity contribution in [3.63, 3.8) is 0 Å². The van der Waals surface area contributed by atoms with E-state index in [1.807, 2.05) is 38.3 Å². The molecule has 0 spiro atoms. The minimum absolute atomic E-state index is 0.295. The van der Waals surface area contributed by atoms with Crippen molar-refractivity contribution in [1.29, 1.82) is 0 Å². The van der Waals surface area contributed by atoms with Gasteiger partial charge in [-0.3, -0.25) is 14.5 Å². The van der Waals surface area contributed by atoms with Crippen molar-refractivity contribution in [2.24, 2.45) is 0 Å². The lowest BCUT2D eigenvalue weighted by Crippen LogP contribution is -2.51. The molecule has 2 rings (SSSR count). The van der Waals surface area contributed by atoms with Crippen LogP contribution in [0.4, 0.5) is 10.5 Å². The van der Waals surface area contributed by atoms with Gasteiger partial charge in [0.15, 0.2) is 0 Å². The molecule has 0 fully saturated rings. The number of halogens is 1. The number of nitrogens with one attached hydrogen (secondary N) is 2. The molecule has 0 aliphatic rings. The third-order valence-electron chi connectivity index (χ3n) is 5.44. The van der Waals surface area contributed by atoms with Crippen LogP contribution in [-0.2, 0) is 14.3 Å². The minimum atomic E-state index is -1.17. The first-order chi connectivity index (χ1) is 17.4. The number of terminal acetylenes is 1. The molecule has 2 unspecified atom stereocenters. The molecule has 37 heavy (non-hydrogen) atoms. The van der Waals surface area contributed by atoms with Gasteiger partial charge in [-0.15, -0.1) is 0 Å². The van der Waals surface area contributed by atoms with Crippen molar-refractivity contribution in [1.82, 2.24) is 10.2 Å². The summed E-state index contributed by atoms with van der Waals surface area (Å²) < 4.78 is 5.36. The van der Waals surface area contributed by atoms with Gasteiger partial charge in [0.25, 0.3) is 11.8 Å². The number of carbonyl (C=O) groups is 3. The molecule has 0 aromatic heterocycles. The van der Waals surface area contributed by atoms with Gasteiger partial charge in [0.1, 0.15) is 17.7 Å². The van der Waals surface area contributed by atoms with E-state index in [4.69, 9.17) is 22.8 Å². The Kier molecular flexibility index (Phi) is 10.9. The second-order valence-electron chi connectivity index (χ2n) is 9.50. The lowest BCUT2D eigenvalue weighted by Gasteiger charge is -2.31. The van der Waals surface area contributed by atoms with Crippen LogP contribution in [0.25, 0.3) is 0 Å². The topological polar surface area (TPSA) is 87.7 Å². The van der Waals surface area contributed by atoms with E-state index in [1.165, 1.54) is 11.8 Å². The molecule has 2 atom stereocenters. The molecule has 0 saturated heterocycles. The van der Waals surface area contributed by atoms with Crippen molar-refractivity contribution in [2.75, 3.05) is 17.3 Å². The first-order valence-corrected chi connectivity index (χ1v) is 13.6. The van der Waals surface area contributed by atoms with Crippen LogP contribution in [0.1, 0.15) is 49.9 Å². The number of nitrogens with zero attached hydrogens (tertiary/aromatic N) is 1. The third-order valence-corrected chi connectivity index (χ3v) is 6.39. The molecule has 198 valence electrons. The largest absolute Gasteiger partial charge is 0.444 e. The summed E-state index contributed by atoms with van der Waals surface area (Å²) in [6.45, 7) is 8.84. The normalized spacial score (nSPS) is 12.6. The fourth-order valence-corrected chi connectivity index (χ4v) is 4.39. The van der Waals surface area contributed by atoms with E-state index in [9.17, 15) is 14.4 Å². The Hall–Kier alpha value is -3.15. The second kappa shape index (κ2) is 13.4. The number of benzene rings is 2. The zero-order chi connectivity index (χ0) is 27.8. The van der Waals surface area contributed by atoms with E-state index in [-0.39, 0.29) is 0 Å². The average Bonchev–Trinajstić information content (AvgIpc) is 2.81. The van der Waals surface area contributed by atoms with Gasteiger partial charge in [0.05, 0.1) is 10.7 Å². The predicted molar refractivity (Wildman–Crippen MR) is 151 cm³/mol. The quantitative estimate of drug-likeness (QED) is 0.313. The Morgan fingerprint density at radius 1 is 1.11 bits per heavy atom. The molecule has 0 heterocycles. The summed E-state index contributed by atoms with van der Waals surface area (Å²) >= 11 is 7.87. The number of para-hydroxylation sites is 1. The number of anilines is 1. The summed E-state index contributed by atoms with van der Waals surface area (Å²) in [5.74, 6) is -0.552. The SMILES string of the molecule is C#CN(C(=O)C(CCSC)NC(=O)OC(C)(C)C)C(C(=O)Nc1c(C)cccc1Cl)c1ccccc1C. The molecule has 2 N–H and O–H groups in total. The number of carbonyl (C=O) groups excluding carboxylic acids is 3. The molecule has 2 aromatic rings. The molecular formula is C28H34ClN3O4S. The van der Waals surface area contributed by atoms with Crippen LogP contribution in [0.15, 0.2) is 42.5 Å². The van der Waals surface area contributed by atoms with Crippen LogP contribution in [-0.4, -0.2) is 46.5 Å². The molecule has 0 bridgehead atoms. The molecule has 0 saturated carbocycles. The smallest absolute Gasteiger partial charge is 0.408 e. The van der Waals surface area contributed by atoms with Crippen LogP contribution in [0.5, 0.6) is 0 Å². The Labute approximate surface area is 228 Å². The lowest BCUT2D eigenvalue weighted by molar-refractivity contribution is -0.136. The number of hydrogen-bond donors (Lipinski definition) is 2. The number of alkyl carbamates (subject to hydrolysis) is 1. The maximum absolute atomic E-state index is 13.8. The van der Waals surface area contributed by atoms with E-state index in [1.54, 1.807) is 45.0 Å². The molecular weight excluding hydrogens is 510 g/mol. The molecule has 0 radical (unpaired) electrons. The zero-order valence-corrected chi connectivity index (χ0v) is 23.6. The van der Waals surface area contributed by atoms with Crippen molar-refractivity contribution in [3.8, 4) is 12.5 Å². The maximum Gasteiger partial charge on any atom is 0.408 e. The summed E-state index contributed by atoms with van der Waals surface area (Å²) in [4.78, 5) is 41.1. The first-order valence-electron chi connectivity index (χ1n) is 11.8. The number of ether oxygens (including phenoxy) is 1. The monoisotopic (exact) mass is 543 g/mol. The highest BCUT2D eigenvalue weighted by Crippen LogP contribution is 2.30. The third kappa shape index (κ3) is 8.44. The molecule has 7 nitrogen and oxygen atoms in total. The zero-order valence-electron chi connectivity index (χ0n) is 22.1. The average molecular weight is 544 g/mol. The molecule has 0 aliphatic carbocycles. The van der Waals surface area contributed by atoms with Crippen LogP contribution in [0.2, 0.25) is 5.02 Å². The highest BCUT2D eigenvalue weighted by molar-refractivity contribution is 7.98. The number of aryl methyl sites for hydroxylation is 2. The number of rotatable bonds is 9. The van der Waals surface area contributed by atoms with Gasteiger partial charge in [0, 0.05) is 6.04 Å². The van der Waals surface area contributed by atoms with Crippen molar-refractivity contribution in [3.05, 3.63) is 64.2 Å². The lowest BCUT2D eigenvalue weighted by atomic mass is 9.98. The van der Waals surface area contributed by atoms with Gasteiger partial charge in [-0.25, -0.2) is 4.79 Å². The van der Waals surface area contributed by atoms with Crippen molar-refractivity contribution < 1.29 is 19.1 Å². The van der Waals surface area contributed by atoms with Crippen LogP contribution in [0.3, 0.4) is 0 Å². The minimum Gasteiger partial charge on any atom is -0.444 e. The van der Waals surface area contributed by atoms with Gasteiger partial charge in [-0.2, -0.15) is 11.8 Å². The summed E-state index contributed by atoms with van der Waals surface area (Å²) in [6, 6.07) is 12.7. The van der Waals surface area contributed by atoms with E-state index < -0.39 is 35.6 Å². The highest BCUT2D eigenvalue weighted by atomic mass is 35.5. The van der Waals surface area contributed by atoms with E-state index in [0.717, 1.165) is 16.0 Å². The molecule has 9 heteroatoms. The second-order valence-corrected chi connectivity index (χ2v) is 10.9. The maximum atomic E-state index is 13.8. The molecule has 3 amide bonds. The Bertz CT molecular complexity index is 1150. The van der Waals surface area contributed by atoms with E-state index in [0.29, 0.717) is 28.4 Å². The summed E-state index contributed by atoms with van der Waals surface area (Å²) in [6.07, 6.45) is 7.30. The predicted octanol–water partition coefficient (Wildman–Crippen LogP) is 5.70. The van der Waals surface area contributed by atoms with E-state index in [2.05, 4.69) is 16.7 Å². The van der Waals surface area contributed by atoms with Gasteiger partial charge in [-0.05, 0) is 75.8 Å². The first kappa shape index (κ1) is 30.1. The highest BCUT2D eigenvalue weighted by Gasteiger charge is 2.36. The van der Waals surface area contributed by atoms with Gasteiger partial charge < -0.3 is 15.4 Å². The van der Waals surface area contributed by atoms with Gasteiger partial charge in [-0.1, -0.05) is 54.4 Å². The van der Waals surface area contributed by atoms with Gasteiger partial charge >= 0.3 is 6.09 Å². The van der Waals surface area contributed by atoms with Gasteiger partial charge in [0.2, 0.25) is 0 Å². The fraction of sp³-hybridized carbons (Fsp3) is 0.393. The van der Waals surface area contributed by atoms with Crippen LogP contribution >= 0.6 is 23.4 Å². The van der Waals surface area contributed by atoms with Crippen molar-refractivity contribution >= 4 is 47.0 Å². The number of thioether (sulfide) groups is 1. The molecule has 0 aliphatic heterocycles. The summed E-state index contributed by atoms with van der Waals surface area (Å²) in [5.41, 5.74) is 1.76. The molecule has 2 aromatic carbocycles. The Morgan fingerprint density at radius 3 is 2.32 bits per heavy atom. The Morgan fingerprint density at radius 2 is 1.76 bits per heavy atom. The fourth-order valence-electron chi connectivity index (χ4n) is 3.65. The standard InChI is InChI=1S/C28H34ClN3O4S/c1-8-32(26(34)22(16-17-37-7)30-27(35)36-28(4,5)6)24(20-14-10-9-12-18(20)2)25(33)31-23-19(3)13-11-15-21(23)29/h1,9-15,22,24H,16-17H2,2-7H3,(H,30,35)(H,31,33). The van der Waals surface area contributed by atoms with Crippen molar-refractivity contribution in [2.45, 2.75) is 58.7 Å². The summed E-state index contributed by atoms with van der Waals surface area (Å²) in [5, 5.41) is 5.85. The number of hydrogen-bond acceptors (Lipinski definition) is 5. The van der Waals surface area contributed by atoms with E-state index >= 15 is 0 Å². The Balaban J connectivity index is 2.50. The van der Waals surface area contributed by atoms with Crippen LogP contribution < -0.4 is 10.6 Å². The number of amides is 3. The summed E-state index contributed by atoms with van der Waals surface area (Å²) in [7, 11) is 0. The van der Waals surface area contributed by atoms with Crippen LogP contribution in [0, 0.1) is 26.3 Å².